The predicted octanol–water partition coefficient (Wildman–Crippen LogP) is 4.66. The van der Waals surface area contributed by atoms with E-state index in [1.54, 1.807) is 6.07 Å². The standard InChI is InChI=1S/C22H26FNO2/c1-2-9-24-10-7-16-12-17(26-11-4-8-23)14-18-21(16)19(24)13-15-5-3-6-20(25)22(15)18/h3,5-6,12,14,19,25H,2,4,7-11,13H2,1H3/t19-/m1/s1. The number of alkyl halides is 1. The molecule has 1 atom stereocenters. The second kappa shape index (κ2) is 7.28. The lowest BCUT2D eigenvalue weighted by atomic mass is 9.76. The quantitative estimate of drug-likeness (QED) is 0.765. The molecule has 0 saturated carbocycles. The molecule has 2 aliphatic rings. The van der Waals surface area contributed by atoms with Gasteiger partial charge in [0.25, 0.3) is 0 Å². The van der Waals surface area contributed by atoms with Crippen LogP contribution in [0.25, 0.3) is 11.1 Å². The van der Waals surface area contributed by atoms with E-state index in [1.165, 1.54) is 16.7 Å². The van der Waals surface area contributed by atoms with Gasteiger partial charge in [-0.25, -0.2) is 0 Å². The number of benzene rings is 2. The summed E-state index contributed by atoms with van der Waals surface area (Å²) in [6.07, 6.45) is 3.47. The highest BCUT2D eigenvalue weighted by molar-refractivity contribution is 5.81. The van der Waals surface area contributed by atoms with Crippen molar-refractivity contribution in [3.05, 3.63) is 47.0 Å². The van der Waals surface area contributed by atoms with Crippen LogP contribution in [-0.2, 0) is 12.8 Å². The monoisotopic (exact) mass is 355 g/mol. The summed E-state index contributed by atoms with van der Waals surface area (Å²) in [7, 11) is 0. The fourth-order valence-electron chi connectivity index (χ4n) is 4.48. The van der Waals surface area contributed by atoms with Crippen LogP contribution in [0.4, 0.5) is 4.39 Å². The highest BCUT2D eigenvalue weighted by atomic mass is 19.1. The Kier molecular flexibility index (Phi) is 4.86. The molecule has 1 aliphatic heterocycles. The van der Waals surface area contributed by atoms with Gasteiger partial charge in [0.15, 0.2) is 0 Å². The minimum atomic E-state index is -0.366. The van der Waals surface area contributed by atoms with E-state index in [-0.39, 0.29) is 6.67 Å². The summed E-state index contributed by atoms with van der Waals surface area (Å²) in [6, 6.07) is 10.3. The first kappa shape index (κ1) is 17.3. The van der Waals surface area contributed by atoms with Crippen LogP contribution in [0.1, 0.15) is 42.5 Å². The topological polar surface area (TPSA) is 32.7 Å². The van der Waals surface area contributed by atoms with Gasteiger partial charge >= 0.3 is 0 Å². The van der Waals surface area contributed by atoms with E-state index in [4.69, 9.17) is 4.74 Å². The molecule has 0 radical (unpaired) electrons. The maximum atomic E-state index is 12.4. The molecule has 26 heavy (non-hydrogen) atoms. The lowest BCUT2D eigenvalue weighted by molar-refractivity contribution is 0.182. The molecular weight excluding hydrogens is 329 g/mol. The van der Waals surface area contributed by atoms with Gasteiger partial charge in [-0.3, -0.25) is 9.29 Å². The largest absolute Gasteiger partial charge is 0.507 e. The van der Waals surface area contributed by atoms with Gasteiger partial charge in [0, 0.05) is 24.6 Å². The van der Waals surface area contributed by atoms with Gasteiger partial charge in [0.1, 0.15) is 11.5 Å². The highest BCUT2D eigenvalue weighted by Crippen LogP contribution is 2.49. The number of nitrogens with zero attached hydrogens (tertiary/aromatic N) is 1. The van der Waals surface area contributed by atoms with Crippen LogP contribution in [0.5, 0.6) is 11.5 Å². The molecule has 2 aromatic carbocycles. The highest BCUT2D eigenvalue weighted by Gasteiger charge is 2.35. The summed E-state index contributed by atoms with van der Waals surface area (Å²) in [4.78, 5) is 2.57. The number of halogens is 1. The van der Waals surface area contributed by atoms with Crippen molar-refractivity contribution in [2.75, 3.05) is 26.4 Å². The molecule has 0 fully saturated rings. The summed E-state index contributed by atoms with van der Waals surface area (Å²) in [5.74, 6) is 1.11. The lowest BCUT2D eigenvalue weighted by Gasteiger charge is -2.42. The zero-order valence-corrected chi connectivity index (χ0v) is 15.3. The smallest absolute Gasteiger partial charge is 0.123 e. The van der Waals surface area contributed by atoms with Crippen LogP contribution in [0.3, 0.4) is 0 Å². The molecule has 0 spiro atoms. The average Bonchev–Trinajstić information content (AvgIpc) is 2.64. The van der Waals surface area contributed by atoms with Gasteiger partial charge in [0.05, 0.1) is 13.3 Å². The molecule has 0 bridgehead atoms. The van der Waals surface area contributed by atoms with Crippen molar-refractivity contribution < 1.29 is 14.2 Å². The third-order valence-electron chi connectivity index (χ3n) is 5.55. The Morgan fingerprint density at radius 2 is 2.15 bits per heavy atom. The van der Waals surface area contributed by atoms with Crippen molar-refractivity contribution in [2.24, 2.45) is 0 Å². The Bertz CT molecular complexity index is 805. The molecule has 0 amide bonds. The van der Waals surface area contributed by atoms with Gasteiger partial charge < -0.3 is 9.84 Å². The second-order valence-corrected chi connectivity index (χ2v) is 7.25. The van der Waals surface area contributed by atoms with E-state index in [1.807, 2.05) is 12.1 Å². The molecule has 1 N–H and O–H groups in total. The number of phenolic OH excluding ortho intramolecular Hbond substituents is 1. The number of hydrogen-bond donors (Lipinski definition) is 1. The van der Waals surface area contributed by atoms with E-state index in [2.05, 4.69) is 24.0 Å². The summed E-state index contributed by atoms with van der Waals surface area (Å²) in [6.45, 7) is 4.38. The number of hydrogen-bond acceptors (Lipinski definition) is 3. The zero-order chi connectivity index (χ0) is 18.1. The average molecular weight is 355 g/mol. The van der Waals surface area contributed by atoms with Crippen molar-refractivity contribution in [3.63, 3.8) is 0 Å². The molecule has 2 aromatic rings. The molecule has 1 heterocycles. The first-order valence-corrected chi connectivity index (χ1v) is 9.63. The third-order valence-corrected chi connectivity index (χ3v) is 5.55. The maximum absolute atomic E-state index is 12.4. The first-order chi connectivity index (χ1) is 12.7. The van der Waals surface area contributed by atoms with Crippen LogP contribution in [0.15, 0.2) is 30.3 Å². The van der Waals surface area contributed by atoms with Crippen LogP contribution < -0.4 is 4.74 Å². The van der Waals surface area contributed by atoms with Crippen LogP contribution in [0.2, 0.25) is 0 Å². The van der Waals surface area contributed by atoms with Gasteiger partial charge in [0.2, 0.25) is 0 Å². The van der Waals surface area contributed by atoms with Crippen molar-refractivity contribution in [3.8, 4) is 22.6 Å². The Morgan fingerprint density at radius 1 is 1.27 bits per heavy atom. The summed E-state index contributed by atoms with van der Waals surface area (Å²) in [5.41, 5.74) is 5.87. The fourth-order valence-corrected chi connectivity index (χ4v) is 4.48. The van der Waals surface area contributed by atoms with E-state index < -0.39 is 0 Å². The van der Waals surface area contributed by atoms with Gasteiger partial charge in [-0.05, 0) is 66.3 Å². The second-order valence-electron chi connectivity index (χ2n) is 7.25. The van der Waals surface area contributed by atoms with Crippen LogP contribution >= 0.6 is 0 Å². The van der Waals surface area contributed by atoms with Gasteiger partial charge in [-0.1, -0.05) is 19.1 Å². The van der Waals surface area contributed by atoms with Gasteiger partial charge in [-0.15, -0.1) is 0 Å². The molecule has 0 saturated heterocycles. The Labute approximate surface area is 154 Å². The van der Waals surface area contributed by atoms with E-state index in [0.717, 1.165) is 49.2 Å². The molecule has 138 valence electrons. The minimum absolute atomic E-state index is 0.330. The summed E-state index contributed by atoms with van der Waals surface area (Å²) < 4.78 is 18.2. The van der Waals surface area contributed by atoms with E-state index in [9.17, 15) is 9.50 Å². The molecule has 1 aliphatic carbocycles. The van der Waals surface area contributed by atoms with Crippen LogP contribution in [-0.4, -0.2) is 36.4 Å². The molecule has 0 aromatic heterocycles. The zero-order valence-electron chi connectivity index (χ0n) is 15.3. The first-order valence-electron chi connectivity index (χ1n) is 9.63. The van der Waals surface area contributed by atoms with Crippen molar-refractivity contribution in [1.29, 1.82) is 0 Å². The Morgan fingerprint density at radius 3 is 2.96 bits per heavy atom. The maximum Gasteiger partial charge on any atom is 0.123 e. The van der Waals surface area contributed by atoms with E-state index >= 15 is 0 Å². The number of rotatable bonds is 6. The lowest BCUT2D eigenvalue weighted by Crippen LogP contribution is -2.38. The molecule has 0 unspecified atom stereocenters. The number of ether oxygens (including phenoxy) is 1. The summed E-state index contributed by atoms with van der Waals surface area (Å²) >= 11 is 0. The van der Waals surface area contributed by atoms with Crippen LogP contribution in [0, 0.1) is 0 Å². The predicted molar refractivity (Wildman–Crippen MR) is 102 cm³/mol. The number of phenols is 1. The Balaban J connectivity index is 1.83. The van der Waals surface area contributed by atoms with Crippen molar-refractivity contribution in [1.82, 2.24) is 4.90 Å². The number of aromatic hydroxyl groups is 1. The normalized spacial score (nSPS) is 18.3. The molecular formula is C22H26FNO2. The number of fused-ring (bicyclic) bond motifs is 2. The SMILES string of the molecule is CCCN1CCc2cc(OCCCF)cc3c2[C@H]1Cc1cccc(O)c1-3. The molecule has 4 heteroatoms. The Hall–Kier alpha value is -2.07. The fraction of sp³-hybridized carbons (Fsp3) is 0.455. The molecule has 4 rings (SSSR count). The third kappa shape index (κ3) is 2.96. The minimum Gasteiger partial charge on any atom is -0.507 e. The van der Waals surface area contributed by atoms with E-state index in [0.29, 0.717) is 24.8 Å². The summed E-state index contributed by atoms with van der Waals surface area (Å²) in [5, 5.41) is 10.5. The van der Waals surface area contributed by atoms with Gasteiger partial charge in [-0.2, -0.15) is 0 Å². The van der Waals surface area contributed by atoms with Crippen molar-refractivity contribution in [2.45, 2.75) is 38.6 Å². The molecule has 3 nitrogen and oxygen atoms in total. The van der Waals surface area contributed by atoms with Crippen molar-refractivity contribution >= 4 is 0 Å².